The normalized spacial score (nSPS) is 25.4. The van der Waals surface area contributed by atoms with Crippen LogP contribution >= 0.6 is 0 Å². The molecule has 1 aromatic rings. The van der Waals surface area contributed by atoms with Crippen LogP contribution in [0.2, 0.25) is 0 Å². The van der Waals surface area contributed by atoms with Crippen molar-refractivity contribution in [1.29, 1.82) is 0 Å². The SMILES string of the molecule is CC(C)C1C(=O)NCC(=O)N1C1COc2ccccc21. The van der Waals surface area contributed by atoms with Gasteiger partial charge in [0.15, 0.2) is 0 Å². The first-order valence-electron chi connectivity index (χ1n) is 6.90. The number of ether oxygens (including phenoxy) is 1. The number of para-hydroxylation sites is 1. The standard InChI is InChI=1S/C15H18N2O3/c1-9(2)14-15(19)16-7-13(18)17(14)11-8-20-12-6-4-3-5-10(11)12/h3-6,9,11,14H,7-8H2,1-2H3,(H,16,19). The molecule has 2 heterocycles. The fraction of sp³-hybridized carbons (Fsp3) is 0.467. The average Bonchev–Trinajstić information content (AvgIpc) is 2.84. The third-order valence-corrected chi connectivity index (χ3v) is 3.91. The number of carbonyl (C=O) groups excluding carboxylic acids is 2. The number of benzene rings is 1. The zero-order chi connectivity index (χ0) is 14.3. The van der Waals surface area contributed by atoms with Crippen molar-refractivity contribution in [2.24, 2.45) is 5.92 Å². The van der Waals surface area contributed by atoms with Crippen molar-refractivity contribution in [2.45, 2.75) is 25.9 Å². The van der Waals surface area contributed by atoms with Gasteiger partial charge >= 0.3 is 0 Å². The smallest absolute Gasteiger partial charge is 0.243 e. The summed E-state index contributed by atoms with van der Waals surface area (Å²) in [7, 11) is 0. The minimum absolute atomic E-state index is 0.0476. The largest absolute Gasteiger partial charge is 0.491 e. The van der Waals surface area contributed by atoms with Gasteiger partial charge in [-0.05, 0) is 12.0 Å². The molecular formula is C15H18N2O3. The molecule has 1 saturated heterocycles. The second-order valence-corrected chi connectivity index (χ2v) is 5.57. The van der Waals surface area contributed by atoms with Gasteiger partial charge in [0.25, 0.3) is 0 Å². The van der Waals surface area contributed by atoms with Gasteiger partial charge in [0.2, 0.25) is 11.8 Å². The number of rotatable bonds is 2. The maximum absolute atomic E-state index is 12.3. The first-order chi connectivity index (χ1) is 9.59. The van der Waals surface area contributed by atoms with Crippen molar-refractivity contribution in [2.75, 3.05) is 13.2 Å². The summed E-state index contributed by atoms with van der Waals surface area (Å²) in [5.41, 5.74) is 0.987. The summed E-state index contributed by atoms with van der Waals surface area (Å²) in [6.45, 7) is 4.40. The van der Waals surface area contributed by atoms with Crippen LogP contribution in [-0.2, 0) is 9.59 Å². The van der Waals surface area contributed by atoms with E-state index in [0.29, 0.717) is 6.61 Å². The summed E-state index contributed by atoms with van der Waals surface area (Å²) in [6.07, 6.45) is 0. The second kappa shape index (κ2) is 4.81. The number of amides is 2. The molecule has 0 aromatic heterocycles. The highest BCUT2D eigenvalue weighted by Gasteiger charge is 2.43. The molecule has 0 aliphatic carbocycles. The summed E-state index contributed by atoms with van der Waals surface area (Å²) in [4.78, 5) is 26.1. The lowest BCUT2D eigenvalue weighted by molar-refractivity contribution is -0.150. The number of carbonyl (C=O) groups is 2. The van der Waals surface area contributed by atoms with E-state index < -0.39 is 6.04 Å². The van der Waals surface area contributed by atoms with Crippen LogP contribution in [0, 0.1) is 5.92 Å². The Bertz CT molecular complexity index is 556. The topological polar surface area (TPSA) is 58.6 Å². The third-order valence-electron chi connectivity index (χ3n) is 3.91. The van der Waals surface area contributed by atoms with E-state index in [2.05, 4.69) is 5.32 Å². The van der Waals surface area contributed by atoms with E-state index in [1.165, 1.54) is 0 Å². The number of hydrogen-bond donors (Lipinski definition) is 1. The van der Waals surface area contributed by atoms with E-state index in [-0.39, 0.29) is 30.3 Å². The second-order valence-electron chi connectivity index (χ2n) is 5.57. The highest BCUT2D eigenvalue weighted by atomic mass is 16.5. The molecule has 1 aromatic carbocycles. The Balaban J connectivity index is 1.98. The third kappa shape index (κ3) is 1.94. The molecule has 2 aliphatic rings. The number of piperazine rings is 1. The van der Waals surface area contributed by atoms with Gasteiger partial charge in [-0.1, -0.05) is 32.0 Å². The molecule has 106 valence electrons. The van der Waals surface area contributed by atoms with Crippen LogP contribution in [0.3, 0.4) is 0 Å². The molecule has 2 aliphatic heterocycles. The molecule has 0 radical (unpaired) electrons. The summed E-state index contributed by atoms with van der Waals surface area (Å²) < 4.78 is 5.65. The molecular weight excluding hydrogens is 256 g/mol. The fourth-order valence-corrected chi connectivity index (χ4v) is 3.01. The molecule has 0 saturated carbocycles. The lowest BCUT2D eigenvalue weighted by Crippen LogP contribution is -2.61. The first-order valence-corrected chi connectivity index (χ1v) is 6.90. The molecule has 5 heteroatoms. The lowest BCUT2D eigenvalue weighted by Gasteiger charge is -2.40. The molecule has 1 N–H and O–H groups in total. The van der Waals surface area contributed by atoms with Crippen LogP contribution in [0.1, 0.15) is 25.5 Å². The summed E-state index contributed by atoms with van der Waals surface area (Å²) >= 11 is 0. The minimum atomic E-state index is -0.434. The Hall–Kier alpha value is -2.04. The number of nitrogens with zero attached hydrogens (tertiary/aromatic N) is 1. The quantitative estimate of drug-likeness (QED) is 0.878. The molecule has 2 amide bonds. The first kappa shape index (κ1) is 13.0. The minimum Gasteiger partial charge on any atom is -0.491 e. The maximum atomic E-state index is 12.3. The van der Waals surface area contributed by atoms with Crippen molar-refractivity contribution >= 4 is 11.8 Å². The average molecular weight is 274 g/mol. The Morgan fingerprint density at radius 2 is 2.05 bits per heavy atom. The van der Waals surface area contributed by atoms with Crippen LogP contribution in [0.4, 0.5) is 0 Å². The van der Waals surface area contributed by atoms with Gasteiger partial charge in [-0.2, -0.15) is 0 Å². The predicted octanol–water partition coefficient (Wildman–Crippen LogP) is 1.10. The molecule has 5 nitrogen and oxygen atoms in total. The van der Waals surface area contributed by atoms with E-state index in [4.69, 9.17) is 4.74 Å². The maximum Gasteiger partial charge on any atom is 0.243 e. The van der Waals surface area contributed by atoms with Gasteiger partial charge in [0.1, 0.15) is 18.4 Å². The summed E-state index contributed by atoms with van der Waals surface area (Å²) in [6, 6.07) is 7.09. The van der Waals surface area contributed by atoms with E-state index in [9.17, 15) is 9.59 Å². The Morgan fingerprint density at radius 3 is 2.80 bits per heavy atom. The Kier molecular flexibility index (Phi) is 3.12. The lowest BCUT2D eigenvalue weighted by atomic mass is 9.95. The van der Waals surface area contributed by atoms with Gasteiger partial charge in [-0.3, -0.25) is 9.59 Å². The summed E-state index contributed by atoms with van der Waals surface area (Å²) in [5, 5.41) is 2.67. The van der Waals surface area contributed by atoms with Gasteiger partial charge in [-0.15, -0.1) is 0 Å². The van der Waals surface area contributed by atoms with Crippen molar-refractivity contribution in [3.8, 4) is 5.75 Å². The van der Waals surface area contributed by atoms with Crippen LogP contribution in [0.15, 0.2) is 24.3 Å². The van der Waals surface area contributed by atoms with Crippen molar-refractivity contribution in [3.05, 3.63) is 29.8 Å². The fourth-order valence-electron chi connectivity index (χ4n) is 3.01. The highest BCUT2D eigenvalue weighted by molar-refractivity contribution is 5.95. The van der Waals surface area contributed by atoms with E-state index in [0.717, 1.165) is 11.3 Å². The highest BCUT2D eigenvalue weighted by Crippen LogP contribution is 2.38. The van der Waals surface area contributed by atoms with Crippen LogP contribution in [0.5, 0.6) is 5.75 Å². The van der Waals surface area contributed by atoms with Gasteiger partial charge < -0.3 is 15.0 Å². The van der Waals surface area contributed by atoms with Crippen molar-refractivity contribution < 1.29 is 14.3 Å². The monoisotopic (exact) mass is 274 g/mol. The molecule has 20 heavy (non-hydrogen) atoms. The van der Waals surface area contributed by atoms with E-state index in [1.54, 1.807) is 4.90 Å². The number of fused-ring (bicyclic) bond motifs is 1. The molecule has 1 fully saturated rings. The molecule has 2 unspecified atom stereocenters. The van der Waals surface area contributed by atoms with Gasteiger partial charge in [-0.25, -0.2) is 0 Å². The summed E-state index contributed by atoms with van der Waals surface area (Å²) in [5.74, 6) is 0.739. The predicted molar refractivity (Wildman–Crippen MR) is 73.2 cm³/mol. The Morgan fingerprint density at radius 1 is 1.30 bits per heavy atom. The molecule has 0 spiro atoms. The molecule has 0 bridgehead atoms. The van der Waals surface area contributed by atoms with Crippen LogP contribution in [0.25, 0.3) is 0 Å². The number of nitrogens with one attached hydrogen (secondary N) is 1. The van der Waals surface area contributed by atoms with Crippen molar-refractivity contribution in [3.63, 3.8) is 0 Å². The van der Waals surface area contributed by atoms with E-state index in [1.807, 2.05) is 38.1 Å². The zero-order valence-corrected chi connectivity index (χ0v) is 11.6. The zero-order valence-electron chi connectivity index (χ0n) is 11.6. The van der Waals surface area contributed by atoms with E-state index >= 15 is 0 Å². The Labute approximate surface area is 117 Å². The van der Waals surface area contributed by atoms with Crippen LogP contribution in [-0.4, -0.2) is 35.9 Å². The number of hydrogen-bond acceptors (Lipinski definition) is 3. The van der Waals surface area contributed by atoms with Crippen LogP contribution < -0.4 is 10.1 Å². The molecule has 2 atom stereocenters. The van der Waals surface area contributed by atoms with Gasteiger partial charge in [0.05, 0.1) is 12.6 Å². The molecule has 3 rings (SSSR count). The van der Waals surface area contributed by atoms with Gasteiger partial charge in [0, 0.05) is 5.56 Å². The van der Waals surface area contributed by atoms with Crippen molar-refractivity contribution in [1.82, 2.24) is 10.2 Å².